The molecule has 2 N–H and O–H groups in total. The van der Waals surface area contributed by atoms with Gasteiger partial charge in [0.2, 0.25) is 0 Å². The monoisotopic (exact) mass is 245 g/mol. The summed E-state index contributed by atoms with van der Waals surface area (Å²) in [5.41, 5.74) is 0. The van der Waals surface area contributed by atoms with Gasteiger partial charge in [0.25, 0.3) is 0 Å². The standard InChI is InChI=1S/C13H27NOS/c1-2-16-10-6-9-14-11-13(15)12-7-4-3-5-8-12/h12-15H,2-11H2,1H3. The maximum absolute atomic E-state index is 10.0. The Morgan fingerprint density at radius 1 is 1.31 bits per heavy atom. The molecule has 0 amide bonds. The van der Waals surface area contributed by atoms with Gasteiger partial charge in [0, 0.05) is 6.54 Å². The molecule has 0 aromatic rings. The van der Waals surface area contributed by atoms with Gasteiger partial charge in [-0.3, -0.25) is 0 Å². The third-order valence-corrected chi connectivity index (χ3v) is 4.38. The van der Waals surface area contributed by atoms with Crippen molar-refractivity contribution in [2.75, 3.05) is 24.6 Å². The van der Waals surface area contributed by atoms with Gasteiger partial charge in [-0.25, -0.2) is 0 Å². The summed E-state index contributed by atoms with van der Waals surface area (Å²) in [5, 5.41) is 13.4. The Labute approximate surface area is 105 Å². The normalized spacial score (nSPS) is 19.9. The van der Waals surface area contributed by atoms with E-state index in [-0.39, 0.29) is 6.10 Å². The van der Waals surface area contributed by atoms with Gasteiger partial charge in [-0.1, -0.05) is 26.2 Å². The highest BCUT2D eigenvalue weighted by Crippen LogP contribution is 2.26. The lowest BCUT2D eigenvalue weighted by atomic mass is 9.85. The van der Waals surface area contributed by atoms with Crippen molar-refractivity contribution in [2.45, 2.75) is 51.6 Å². The molecule has 1 aliphatic rings. The van der Waals surface area contributed by atoms with Crippen LogP contribution in [0.15, 0.2) is 0 Å². The largest absolute Gasteiger partial charge is 0.392 e. The molecule has 1 saturated carbocycles. The fraction of sp³-hybridized carbons (Fsp3) is 1.00. The quantitative estimate of drug-likeness (QED) is 0.645. The molecule has 1 rings (SSSR count). The third-order valence-electron chi connectivity index (χ3n) is 3.39. The minimum atomic E-state index is -0.112. The number of hydrogen-bond acceptors (Lipinski definition) is 3. The van der Waals surface area contributed by atoms with Crippen molar-refractivity contribution in [3.63, 3.8) is 0 Å². The van der Waals surface area contributed by atoms with E-state index in [4.69, 9.17) is 0 Å². The van der Waals surface area contributed by atoms with Gasteiger partial charge in [0.05, 0.1) is 6.10 Å². The first-order valence-corrected chi connectivity index (χ1v) is 7.96. The van der Waals surface area contributed by atoms with Crippen molar-refractivity contribution in [1.82, 2.24) is 5.32 Å². The second kappa shape index (κ2) is 9.32. The van der Waals surface area contributed by atoms with Crippen molar-refractivity contribution < 1.29 is 5.11 Å². The summed E-state index contributed by atoms with van der Waals surface area (Å²) in [7, 11) is 0. The summed E-state index contributed by atoms with van der Waals surface area (Å²) >= 11 is 1.99. The third kappa shape index (κ3) is 6.12. The van der Waals surface area contributed by atoms with E-state index in [0.29, 0.717) is 5.92 Å². The number of nitrogens with one attached hydrogen (secondary N) is 1. The Hall–Kier alpha value is 0.270. The fourth-order valence-electron chi connectivity index (χ4n) is 2.38. The minimum Gasteiger partial charge on any atom is -0.392 e. The first-order chi connectivity index (χ1) is 7.84. The molecular weight excluding hydrogens is 218 g/mol. The molecule has 1 fully saturated rings. The van der Waals surface area contributed by atoms with Gasteiger partial charge in [-0.15, -0.1) is 0 Å². The topological polar surface area (TPSA) is 32.3 Å². The van der Waals surface area contributed by atoms with E-state index < -0.39 is 0 Å². The summed E-state index contributed by atoms with van der Waals surface area (Å²) in [5.74, 6) is 3.01. The highest BCUT2D eigenvalue weighted by Gasteiger charge is 2.20. The van der Waals surface area contributed by atoms with E-state index in [1.165, 1.54) is 50.0 Å². The van der Waals surface area contributed by atoms with E-state index in [1.54, 1.807) is 0 Å². The zero-order valence-corrected chi connectivity index (χ0v) is 11.4. The highest BCUT2D eigenvalue weighted by molar-refractivity contribution is 7.99. The predicted octanol–water partition coefficient (Wildman–Crippen LogP) is 2.66. The Balaban J connectivity index is 1.94. The lowest BCUT2D eigenvalue weighted by molar-refractivity contribution is 0.0843. The summed E-state index contributed by atoms with van der Waals surface area (Å²) in [6, 6.07) is 0. The van der Waals surface area contributed by atoms with Crippen molar-refractivity contribution in [1.29, 1.82) is 0 Å². The van der Waals surface area contributed by atoms with Crippen LogP contribution >= 0.6 is 11.8 Å². The fourth-order valence-corrected chi connectivity index (χ4v) is 3.02. The molecule has 0 saturated heterocycles. The van der Waals surface area contributed by atoms with E-state index in [9.17, 15) is 5.11 Å². The van der Waals surface area contributed by atoms with Gasteiger partial charge in [0.15, 0.2) is 0 Å². The van der Waals surface area contributed by atoms with E-state index in [0.717, 1.165) is 13.1 Å². The molecule has 1 aliphatic carbocycles. The number of hydrogen-bond donors (Lipinski definition) is 2. The van der Waals surface area contributed by atoms with Gasteiger partial charge in [-0.05, 0) is 43.2 Å². The molecule has 96 valence electrons. The van der Waals surface area contributed by atoms with Crippen LogP contribution < -0.4 is 5.32 Å². The molecule has 0 radical (unpaired) electrons. The SMILES string of the molecule is CCSCCCNCC(O)C1CCCCC1. The van der Waals surface area contributed by atoms with Gasteiger partial charge in [-0.2, -0.15) is 11.8 Å². The van der Waals surface area contributed by atoms with Crippen molar-refractivity contribution in [3.8, 4) is 0 Å². The number of aliphatic hydroxyl groups is 1. The lowest BCUT2D eigenvalue weighted by Gasteiger charge is -2.26. The van der Waals surface area contributed by atoms with Gasteiger partial charge < -0.3 is 10.4 Å². The zero-order chi connectivity index (χ0) is 11.6. The molecule has 0 spiro atoms. The van der Waals surface area contributed by atoms with Crippen molar-refractivity contribution in [2.24, 2.45) is 5.92 Å². The average molecular weight is 245 g/mol. The van der Waals surface area contributed by atoms with Crippen LogP contribution in [0.4, 0.5) is 0 Å². The van der Waals surface area contributed by atoms with Crippen molar-refractivity contribution in [3.05, 3.63) is 0 Å². The van der Waals surface area contributed by atoms with Crippen molar-refractivity contribution >= 4 is 11.8 Å². The number of rotatable bonds is 8. The maximum Gasteiger partial charge on any atom is 0.0692 e. The first kappa shape index (κ1) is 14.3. The average Bonchev–Trinajstić information content (AvgIpc) is 2.34. The van der Waals surface area contributed by atoms with Crippen LogP contribution in [0.3, 0.4) is 0 Å². The Morgan fingerprint density at radius 2 is 2.06 bits per heavy atom. The first-order valence-electron chi connectivity index (χ1n) is 6.81. The summed E-state index contributed by atoms with van der Waals surface area (Å²) in [6.07, 6.45) is 7.56. The van der Waals surface area contributed by atoms with Crippen LogP contribution in [0, 0.1) is 5.92 Å². The Bertz CT molecular complexity index is 160. The van der Waals surface area contributed by atoms with E-state index >= 15 is 0 Å². The molecule has 0 heterocycles. The molecule has 0 aliphatic heterocycles. The molecular formula is C13H27NOS. The predicted molar refractivity (Wildman–Crippen MR) is 73.1 cm³/mol. The molecule has 0 aromatic carbocycles. The van der Waals surface area contributed by atoms with Crippen LogP contribution in [0.5, 0.6) is 0 Å². The number of thioether (sulfide) groups is 1. The van der Waals surface area contributed by atoms with Gasteiger partial charge in [0.1, 0.15) is 0 Å². The molecule has 0 aromatic heterocycles. The molecule has 3 heteroatoms. The molecule has 0 bridgehead atoms. The van der Waals surface area contributed by atoms with E-state index in [1.807, 2.05) is 11.8 Å². The van der Waals surface area contributed by atoms with Crippen LogP contribution in [-0.4, -0.2) is 35.8 Å². The molecule has 1 atom stereocenters. The summed E-state index contributed by atoms with van der Waals surface area (Å²) in [6.45, 7) is 4.04. The molecule has 16 heavy (non-hydrogen) atoms. The van der Waals surface area contributed by atoms with Crippen LogP contribution in [0.25, 0.3) is 0 Å². The molecule has 1 unspecified atom stereocenters. The maximum atomic E-state index is 10.0. The smallest absolute Gasteiger partial charge is 0.0692 e. The van der Waals surface area contributed by atoms with Crippen LogP contribution in [-0.2, 0) is 0 Å². The lowest BCUT2D eigenvalue weighted by Crippen LogP contribution is -2.34. The second-order valence-electron chi connectivity index (χ2n) is 4.72. The van der Waals surface area contributed by atoms with E-state index in [2.05, 4.69) is 12.2 Å². The van der Waals surface area contributed by atoms with Gasteiger partial charge >= 0.3 is 0 Å². The minimum absolute atomic E-state index is 0.112. The second-order valence-corrected chi connectivity index (χ2v) is 6.11. The number of aliphatic hydroxyl groups excluding tert-OH is 1. The van der Waals surface area contributed by atoms with Crippen LogP contribution in [0.1, 0.15) is 45.4 Å². The Kier molecular flexibility index (Phi) is 8.34. The zero-order valence-electron chi connectivity index (χ0n) is 10.6. The summed E-state index contributed by atoms with van der Waals surface area (Å²) < 4.78 is 0. The summed E-state index contributed by atoms with van der Waals surface area (Å²) in [4.78, 5) is 0. The Morgan fingerprint density at radius 3 is 2.75 bits per heavy atom. The highest BCUT2D eigenvalue weighted by atomic mass is 32.2. The molecule has 2 nitrogen and oxygen atoms in total. The van der Waals surface area contributed by atoms with Crippen LogP contribution in [0.2, 0.25) is 0 Å².